The second-order valence-electron chi connectivity index (χ2n) is 6.62. The number of hydrogen-bond donors (Lipinski definition) is 2. The number of carbonyl (C=O) groups excluding carboxylic acids is 1. The molecule has 1 aromatic heterocycles. The molecule has 0 fully saturated rings. The van der Waals surface area contributed by atoms with Crippen LogP contribution in [0.3, 0.4) is 0 Å². The molecule has 154 valence electrons. The number of nitrogens with zero attached hydrogens (tertiary/aromatic N) is 3. The first kappa shape index (κ1) is 20.5. The number of nitro groups is 2. The Bertz CT molecular complexity index is 1170. The minimum Gasteiger partial charge on any atom is -0.457 e. The van der Waals surface area contributed by atoms with Crippen LogP contribution in [0.1, 0.15) is 27.2 Å². The lowest BCUT2D eigenvalue weighted by atomic mass is 10.1. The van der Waals surface area contributed by atoms with E-state index in [9.17, 15) is 25.0 Å². The van der Waals surface area contributed by atoms with Crippen LogP contribution in [-0.4, -0.2) is 26.0 Å². The fourth-order valence-corrected chi connectivity index (χ4v) is 2.83. The van der Waals surface area contributed by atoms with Crippen LogP contribution >= 0.6 is 0 Å². The molecule has 1 heterocycles. The van der Waals surface area contributed by atoms with Gasteiger partial charge in [-0.05, 0) is 43.5 Å². The van der Waals surface area contributed by atoms with Crippen molar-refractivity contribution in [1.82, 2.24) is 10.2 Å². The summed E-state index contributed by atoms with van der Waals surface area (Å²) in [5.74, 6) is -0.214. The molecule has 0 aliphatic heterocycles. The van der Waals surface area contributed by atoms with E-state index < -0.39 is 21.4 Å². The van der Waals surface area contributed by atoms with E-state index >= 15 is 0 Å². The van der Waals surface area contributed by atoms with Gasteiger partial charge in [0.25, 0.3) is 11.6 Å². The van der Waals surface area contributed by atoms with Gasteiger partial charge < -0.3 is 10.1 Å². The van der Waals surface area contributed by atoms with Crippen LogP contribution in [0.4, 0.5) is 17.1 Å². The van der Waals surface area contributed by atoms with Crippen molar-refractivity contribution < 1.29 is 19.4 Å². The molecule has 0 unspecified atom stereocenters. The average Bonchev–Trinajstić information content (AvgIpc) is 3.16. The standard InChI is InChI=1S/C19H17N5O6/c1-10-4-11(2)12(3)17(5-10)30-15-7-13(6-14(8-15)23(26)27)21-19(25)18-16(24(28)29)9-20-22-18/h4-9H,1-3H3,(H,20,22)(H,21,25). The Kier molecular flexibility index (Phi) is 5.45. The van der Waals surface area contributed by atoms with E-state index in [0.717, 1.165) is 29.0 Å². The summed E-state index contributed by atoms with van der Waals surface area (Å²) < 4.78 is 5.85. The van der Waals surface area contributed by atoms with E-state index in [0.29, 0.717) is 5.75 Å². The molecule has 30 heavy (non-hydrogen) atoms. The highest BCUT2D eigenvalue weighted by Crippen LogP contribution is 2.33. The molecule has 11 heteroatoms. The van der Waals surface area contributed by atoms with Gasteiger partial charge >= 0.3 is 5.69 Å². The molecule has 2 N–H and O–H groups in total. The van der Waals surface area contributed by atoms with Gasteiger partial charge in [0.2, 0.25) is 5.69 Å². The lowest BCUT2D eigenvalue weighted by Gasteiger charge is -2.13. The second kappa shape index (κ2) is 7.99. The first-order valence-corrected chi connectivity index (χ1v) is 8.70. The van der Waals surface area contributed by atoms with Gasteiger partial charge in [-0.3, -0.25) is 30.1 Å². The number of hydrogen-bond acceptors (Lipinski definition) is 7. The monoisotopic (exact) mass is 411 g/mol. The predicted molar refractivity (Wildman–Crippen MR) is 107 cm³/mol. The zero-order valence-corrected chi connectivity index (χ0v) is 16.3. The van der Waals surface area contributed by atoms with E-state index in [1.807, 2.05) is 26.8 Å². The summed E-state index contributed by atoms with van der Waals surface area (Å²) in [6, 6.07) is 7.53. The van der Waals surface area contributed by atoms with E-state index in [1.165, 1.54) is 12.1 Å². The summed E-state index contributed by atoms with van der Waals surface area (Å²) in [7, 11) is 0. The summed E-state index contributed by atoms with van der Waals surface area (Å²) in [5, 5.41) is 30.4. The van der Waals surface area contributed by atoms with Crippen LogP contribution in [0.25, 0.3) is 0 Å². The van der Waals surface area contributed by atoms with Crippen LogP contribution in [0, 0.1) is 41.0 Å². The highest BCUT2D eigenvalue weighted by Gasteiger charge is 2.23. The number of benzene rings is 2. The van der Waals surface area contributed by atoms with E-state index in [-0.39, 0.29) is 22.8 Å². The Morgan fingerprint density at radius 1 is 1.07 bits per heavy atom. The summed E-state index contributed by atoms with van der Waals surface area (Å²) in [5.41, 5.74) is 1.65. The highest BCUT2D eigenvalue weighted by atomic mass is 16.6. The van der Waals surface area contributed by atoms with E-state index in [2.05, 4.69) is 15.5 Å². The van der Waals surface area contributed by atoms with Crippen molar-refractivity contribution in [3.63, 3.8) is 0 Å². The Hall–Kier alpha value is -4.28. The van der Waals surface area contributed by atoms with Crippen molar-refractivity contribution in [3.8, 4) is 11.5 Å². The normalized spacial score (nSPS) is 10.5. The van der Waals surface area contributed by atoms with Crippen molar-refractivity contribution in [2.24, 2.45) is 0 Å². The number of aromatic amines is 1. The molecule has 0 aliphatic carbocycles. The van der Waals surface area contributed by atoms with Crippen molar-refractivity contribution in [2.75, 3.05) is 5.32 Å². The number of carbonyl (C=O) groups is 1. The van der Waals surface area contributed by atoms with Gasteiger partial charge in [-0.25, -0.2) is 0 Å². The number of H-pyrrole nitrogens is 1. The summed E-state index contributed by atoms with van der Waals surface area (Å²) >= 11 is 0. The maximum absolute atomic E-state index is 12.4. The van der Waals surface area contributed by atoms with Gasteiger partial charge in [-0.15, -0.1) is 0 Å². The van der Waals surface area contributed by atoms with Crippen LogP contribution in [-0.2, 0) is 0 Å². The fourth-order valence-electron chi connectivity index (χ4n) is 2.83. The lowest BCUT2D eigenvalue weighted by Crippen LogP contribution is -2.14. The topological polar surface area (TPSA) is 153 Å². The van der Waals surface area contributed by atoms with Gasteiger partial charge in [0, 0.05) is 12.1 Å². The molecule has 0 aliphatic rings. The van der Waals surface area contributed by atoms with Gasteiger partial charge in [0.15, 0.2) is 0 Å². The number of non-ortho nitro benzene ring substituents is 1. The smallest absolute Gasteiger partial charge is 0.319 e. The van der Waals surface area contributed by atoms with Crippen LogP contribution in [0.5, 0.6) is 11.5 Å². The maximum Gasteiger partial charge on any atom is 0.319 e. The predicted octanol–water partition coefficient (Wildman–Crippen LogP) is 4.20. The van der Waals surface area contributed by atoms with Crippen molar-refractivity contribution in [3.05, 3.63) is 79.1 Å². The molecule has 2 aromatic carbocycles. The van der Waals surface area contributed by atoms with Crippen LogP contribution in [0.15, 0.2) is 36.5 Å². The van der Waals surface area contributed by atoms with Gasteiger partial charge in [0.05, 0.1) is 21.6 Å². The van der Waals surface area contributed by atoms with E-state index in [1.54, 1.807) is 6.07 Å². The number of nitrogens with one attached hydrogen (secondary N) is 2. The molecular formula is C19H17N5O6. The summed E-state index contributed by atoms with van der Waals surface area (Å²) in [6.07, 6.45) is 0.903. The molecular weight excluding hydrogens is 394 g/mol. The molecule has 0 saturated heterocycles. The fraction of sp³-hybridized carbons (Fsp3) is 0.158. The number of rotatable bonds is 6. The lowest BCUT2D eigenvalue weighted by molar-refractivity contribution is -0.385. The van der Waals surface area contributed by atoms with E-state index in [4.69, 9.17) is 4.74 Å². The highest BCUT2D eigenvalue weighted by molar-refractivity contribution is 6.05. The number of aromatic nitrogens is 2. The second-order valence-corrected chi connectivity index (χ2v) is 6.62. The largest absolute Gasteiger partial charge is 0.457 e. The quantitative estimate of drug-likeness (QED) is 0.455. The molecule has 3 aromatic rings. The molecule has 11 nitrogen and oxygen atoms in total. The first-order chi connectivity index (χ1) is 14.2. The Morgan fingerprint density at radius 3 is 2.47 bits per heavy atom. The average molecular weight is 411 g/mol. The number of aryl methyl sites for hydroxylation is 2. The zero-order valence-electron chi connectivity index (χ0n) is 16.3. The maximum atomic E-state index is 12.4. The molecule has 0 atom stereocenters. The van der Waals surface area contributed by atoms with Crippen molar-refractivity contribution >= 4 is 23.0 Å². The zero-order chi connectivity index (χ0) is 22.0. The molecule has 0 spiro atoms. The van der Waals surface area contributed by atoms with Crippen LogP contribution in [0.2, 0.25) is 0 Å². The molecule has 0 bridgehead atoms. The van der Waals surface area contributed by atoms with Gasteiger partial charge in [-0.1, -0.05) is 6.07 Å². The third-order valence-corrected chi connectivity index (χ3v) is 4.39. The third-order valence-electron chi connectivity index (χ3n) is 4.39. The van der Waals surface area contributed by atoms with Crippen molar-refractivity contribution in [1.29, 1.82) is 0 Å². The third kappa shape index (κ3) is 4.24. The Balaban J connectivity index is 1.95. The molecule has 1 amide bonds. The Morgan fingerprint density at radius 2 is 1.80 bits per heavy atom. The molecule has 3 rings (SSSR count). The summed E-state index contributed by atoms with van der Waals surface area (Å²) in [4.78, 5) is 33.3. The van der Waals surface area contributed by atoms with Crippen molar-refractivity contribution in [2.45, 2.75) is 20.8 Å². The number of ether oxygens (including phenoxy) is 1. The Labute approximate surface area is 170 Å². The molecule has 0 saturated carbocycles. The first-order valence-electron chi connectivity index (χ1n) is 8.70. The number of nitro benzene ring substituents is 1. The molecule has 0 radical (unpaired) electrons. The SMILES string of the molecule is Cc1cc(C)c(C)c(Oc2cc(NC(=O)c3[nH]ncc3[N+](=O)[O-])cc([N+](=O)[O-])c2)c1. The minimum atomic E-state index is -0.867. The van der Waals surface area contributed by atoms with Crippen LogP contribution < -0.4 is 10.1 Å². The number of anilines is 1. The van der Waals surface area contributed by atoms with Gasteiger partial charge in [-0.2, -0.15) is 5.10 Å². The van der Waals surface area contributed by atoms with Gasteiger partial charge in [0.1, 0.15) is 17.7 Å². The summed E-state index contributed by atoms with van der Waals surface area (Å²) in [6.45, 7) is 5.68. The number of amides is 1. The minimum absolute atomic E-state index is 0.0372.